The van der Waals surface area contributed by atoms with Crippen LogP contribution in [0.5, 0.6) is 0 Å². The van der Waals surface area contributed by atoms with Gasteiger partial charge in [-0.3, -0.25) is 4.98 Å². The van der Waals surface area contributed by atoms with Crippen LogP contribution in [0, 0.1) is 0 Å². The molecule has 1 atom stereocenters. The molecule has 2 aromatic heterocycles. The number of alkyl carbamates (subject to hydrolysis) is 1. The van der Waals surface area contributed by atoms with Crippen LogP contribution >= 0.6 is 0 Å². The van der Waals surface area contributed by atoms with Gasteiger partial charge >= 0.3 is 12.1 Å². The highest BCUT2D eigenvalue weighted by Crippen LogP contribution is 2.30. The number of aliphatic carboxylic acids is 1. The molecule has 160 valence electrons. The highest BCUT2D eigenvalue weighted by Gasteiger charge is 2.24. The van der Waals surface area contributed by atoms with E-state index in [-0.39, 0.29) is 6.42 Å². The number of carboxylic acids is 1. The van der Waals surface area contributed by atoms with Crippen LogP contribution in [0.25, 0.3) is 11.4 Å². The molecule has 0 unspecified atom stereocenters. The van der Waals surface area contributed by atoms with E-state index in [1.807, 2.05) is 12.3 Å². The lowest BCUT2D eigenvalue weighted by Gasteiger charge is -2.22. The van der Waals surface area contributed by atoms with E-state index in [2.05, 4.69) is 31.7 Å². The number of anilines is 1. The summed E-state index contributed by atoms with van der Waals surface area (Å²) in [5, 5.41) is 14.9. The molecule has 9 heteroatoms. The van der Waals surface area contributed by atoms with Crippen molar-refractivity contribution < 1.29 is 19.4 Å². The number of nitrogens with one attached hydrogen (secondary N) is 2. The Morgan fingerprint density at radius 3 is 2.70 bits per heavy atom. The van der Waals surface area contributed by atoms with Gasteiger partial charge in [0, 0.05) is 18.9 Å². The highest BCUT2D eigenvalue weighted by atomic mass is 16.6. The molecular formula is C21H27N5O4. The maximum atomic E-state index is 11.8. The molecule has 2 heterocycles. The van der Waals surface area contributed by atoms with Gasteiger partial charge in [-0.25, -0.2) is 19.6 Å². The maximum absolute atomic E-state index is 11.8. The lowest BCUT2D eigenvalue weighted by atomic mass is 9.94. The Kier molecular flexibility index (Phi) is 6.49. The van der Waals surface area contributed by atoms with E-state index in [1.54, 1.807) is 27.0 Å². The van der Waals surface area contributed by atoms with Crippen molar-refractivity contribution in [3.63, 3.8) is 0 Å². The first-order chi connectivity index (χ1) is 14.2. The van der Waals surface area contributed by atoms with Crippen LogP contribution in [0.1, 0.15) is 44.7 Å². The third kappa shape index (κ3) is 5.65. The predicted molar refractivity (Wildman–Crippen MR) is 111 cm³/mol. The van der Waals surface area contributed by atoms with Gasteiger partial charge in [0.2, 0.25) is 5.95 Å². The molecule has 0 saturated carbocycles. The largest absolute Gasteiger partial charge is 0.480 e. The van der Waals surface area contributed by atoms with Gasteiger partial charge in [0.15, 0.2) is 0 Å². The Morgan fingerprint density at radius 2 is 1.97 bits per heavy atom. The molecule has 3 N–H and O–H groups in total. The van der Waals surface area contributed by atoms with Crippen LogP contribution in [0.3, 0.4) is 0 Å². The number of aromatic nitrogens is 3. The van der Waals surface area contributed by atoms with Crippen molar-refractivity contribution in [2.75, 3.05) is 11.9 Å². The molecule has 0 radical (unpaired) electrons. The normalized spacial score (nSPS) is 13.6. The average molecular weight is 413 g/mol. The Balaban J connectivity index is 1.54. The average Bonchev–Trinajstić information content (AvgIpc) is 2.68. The maximum Gasteiger partial charge on any atom is 0.408 e. The molecule has 1 amide bonds. The number of ether oxygens (including phenoxy) is 1. The number of rotatable bonds is 7. The van der Waals surface area contributed by atoms with Crippen LogP contribution in [-0.2, 0) is 22.4 Å². The number of carboxylic acid groups (broad SMARTS) is 1. The van der Waals surface area contributed by atoms with Crippen LogP contribution in [-0.4, -0.2) is 50.3 Å². The van der Waals surface area contributed by atoms with Crippen LogP contribution < -0.4 is 10.6 Å². The van der Waals surface area contributed by atoms with Crippen LogP contribution in [0.4, 0.5) is 10.7 Å². The molecule has 1 aliphatic rings. The minimum absolute atomic E-state index is 0.247. The second kappa shape index (κ2) is 9.06. The van der Waals surface area contributed by atoms with Gasteiger partial charge < -0.3 is 20.5 Å². The molecule has 0 fully saturated rings. The Bertz CT molecular complexity index is 926. The zero-order valence-electron chi connectivity index (χ0n) is 17.4. The summed E-state index contributed by atoms with van der Waals surface area (Å²) in [6, 6.07) is 2.96. The van der Waals surface area contributed by atoms with E-state index < -0.39 is 23.7 Å². The van der Waals surface area contributed by atoms with Gasteiger partial charge in [-0.15, -0.1) is 0 Å². The molecule has 0 aliphatic heterocycles. The standard InChI is InChI=1S/C21H27N5O4/c1-21(2,3)30-20(29)25-15(18(27)28)7-5-11-23-19-24-12-14-9-8-13-6-4-10-22-16(13)17(14)26-19/h4,6,10,12,15H,5,7-9,11H2,1-3H3,(H,25,29)(H,27,28)(H,23,24,26)/t15-/m0/s1. The molecule has 2 aromatic rings. The summed E-state index contributed by atoms with van der Waals surface area (Å²) in [5.41, 5.74) is 3.28. The van der Waals surface area contributed by atoms with Gasteiger partial charge in [-0.2, -0.15) is 0 Å². The Labute approximate surface area is 175 Å². The summed E-state index contributed by atoms with van der Waals surface area (Å²) in [6.45, 7) is 5.63. The van der Waals surface area contributed by atoms with E-state index in [9.17, 15) is 14.7 Å². The summed E-state index contributed by atoms with van der Waals surface area (Å²) in [4.78, 5) is 36.7. The summed E-state index contributed by atoms with van der Waals surface area (Å²) >= 11 is 0. The van der Waals surface area contributed by atoms with E-state index in [1.165, 1.54) is 5.56 Å². The van der Waals surface area contributed by atoms with E-state index in [4.69, 9.17) is 4.74 Å². The number of pyridine rings is 1. The number of fused-ring (bicyclic) bond motifs is 3. The lowest BCUT2D eigenvalue weighted by molar-refractivity contribution is -0.139. The monoisotopic (exact) mass is 413 g/mol. The van der Waals surface area contributed by atoms with E-state index in [0.29, 0.717) is 18.9 Å². The molecule has 30 heavy (non-hydrogen) atoms. The minimum Gasteiger partial charge on any atom is -0.480 e. The van der Waals surface area contributed by atoms with Crippen molar-refractivity contribution in [3.8, 4) is 11.4 Å². The van der Waals surface area contributed by atoms with Crippen LogP contribution in [0.2, 0.25) is 0 Å². The molecular weight excluding hydrogens is 386 g/mol. The van der Waals surface area contributed by atoms with Gasteiger partial charge in [-0.05, 0) is 63.6 Å². The van der Waals surface area contributed by atoms with E-state index >= 15 is 0 Å². The van der Waals surface area contributed by atoms with Crippen molar-refractivity contribution >= 4 is 18.0 Å². The van der Waals surface area contributed by atoms with Crippen molar-refractivity contribution in [3.05, 3.63) is 35.7 Å². The Hall–Kier alpha value is -3.23. The molecule has 0 spiro atoms. The number of carbonyl (C=O) groups is 2. The van der Waals surface area contributed by atoms with Crippen molar-refractivity contribution in [1.29, 1.82) is 0 Å². The summed E-state index contributed by atoms with van der Waals surface area (Å²) in [6.07, 6.45) is 5.38. The molecule has 0 saturated heterocycles. The highest BCUT2D eigenvalue weighted by molar-refractivity contribution is 5.80. The van der Waals surface area contributed by atoms with Gasteiger partial charge in [0.05, 0.1) is 11.4 Å². The topological polar surface area (TPSA) is 126 Å². The third-order valence-corrected chi connectivity index (χ3v) is 4.59. The van der Waals surface area contributed by atoms with Crippen molar-refractivity contribution in [2.24, 2.45) is 0 Å². The summed E-state index contributed by atoms with van der Waals surface area (Å²) < 4.78 is 5.12. The Morgan fingerprint density at radius 1 is 1.20 bits per heavy atom. The smallest absolute Gasteiger partial charge is 0.408 e. The fourth-order valence-electron chi connectivity index (χ4n) is 3.22. The SMILES string of the molecule is CC(C)(C)OC(=O)N[C@@H](CCCNc1ncc2c(n1)-c1ncccc1CC2)C(=O)O. The third-order valence-electron chi connectivity index (χ3n) is 4.59. The number of aryl methyl sites for hydroxylation is 2. The number of nitrogens with zero attached hydrogens (tertiary/aromatic N) is 3. The fraction of sp³-hybridized carbons (Fsp3) is 0.476. The molecule has 9 nitrogen and oxygen atoms in total. The molecule has 0 bridgehead atoms. The predicted octanol–water partition coefficient (Wildman–Crippen LogP) is 2.81. The number of carbonyl (C=O) groups excluding carboxylic acids is 1. The van der Waals surface area contributed by atoms with Gasteiger partial charge in [-0.1, -0.05) is 6.07 Å². The fourth-order valence-corrected chi connectivity index (χ4v) is 3.22. The second-order valence-corrected chi connectivity index (χ2v) is 8.18. The van der Waals surface area contributed by atoms with Crippen molar-refractivity contribution in [2.45, 2.75) is 58.1 Å². The first-order valence-electron chi connectivity index (χ1n) is 9.99. The number of hydrogen-bond acceptors (Lipinski definition) is 7. The summed E-state index contributed by atoms with van der Waals surface area (Å²) in [7, 11) is 0. The minimum atomic E-state index is -1.10. The van der Waals surface area contributed by atoms with Crippen molar-refractivity contribution in [1.82, 2.24) is 20.3 Å². The van der Waals surface area contributed by atoms with Gasteiger partial charge in [0.25, 0.3) is 0 Å². The number of hydrogen-bond donors (Lipinski definition) is 3. The quantitative estimate of drug-likeness (QED) is 0.592. The molecule has 0 aromatic carbocycles. The number of amides is 1. The van der Waals surface area contributed by atoms with Crippen LogP contribution in [0.15, 0.2) is 24.5 Å². The zero-order chi connectivity index (χ0) is 21.7. The first-order valence-corrected chi connectivity index (χ1v) is 9.99. The first kappa shape index (κ1) is 21.5. The molecule has 1 aliphatic carbocycles. The summed E-state index contributed by atoms with van der Waals surface area (Å²) in [5.74, 6) is -0.632. The molecule has 3 rings (SSSR count). The second-order valence-electron chi connectivity index (χ2n) is 8.18. The van der Waals surface area contributed by atoms with Gasteiger partial charge in [0.1, 0.15) is 11.6 Å². The van der Waals surface area contributed by atoms with E-state index in [0.717, 1.165) is 29.8 Å². The zero-order valence-corrected chi connectivity index (χ0v) is 17.4. The lowest BCUT2D eigenvalue weighted by Crippen LogP contribution is -2.43.